The van der Waals surface area contributed by atoms with Crippen molar-refractivity contribution in [1.82, 2.24) is 0 Å². The number of amides is 1. The largest absolute Gasteiger partial charge is 0.282 e. The number of hydrogen-bond acceptors (Lipinski definition) is 2. The second-order valence-electron chi connectivity index (χ2n) is 6.45. The Hall–Kier alpha value is -3.05. The van der Waals surface area contributed by atoms with Crippen LogP contribution in [0.15, 0.2) is 88.0 Å². The van der Waals surface area contributed by atoms with E-state index in [9.17, 15) is 9.18 Å². The predicted octanol–water partition coefficient (Wildman–Crippen LogP) is 5.73. The maximum absolute atomic E-state index is 14.1. The number of aliphatic imine (C=N–C) groups is 1. The zero-order chi connectivity index (χ0) is 19.7. The quantitative estimate of drug-likeness (QED) is 0.484. The summed E-state index contributed by atoms with van der Waals surface area (Å²) >= 11 is 3.54. The van der Waals surface area contributed by atoms with Gasteiger partial charge < -0.3 is 0 Å². The van der Waals surface area contributed by atoms with E-state index in [4.69, 9.17) is 0 Å². The summed E-state index contributed by atoms with van der Waals surface area (Å²) in [7, 11) is 0. The Bertz CT molecular complexity index is 1140. The molecule has 0 bridgehead atoms. The summed E-state index contributed by atoms with van der Waals surface area (Å²) in [5.41, 5.74) is 3.05. The lowest BCUT2D eigenvalue weighted by Crippen LogP contribution is -2.32. The molecule has 3 aromatic carbocycles. The lowest BCUT2D eigenvalue weighted by molar-refractivity contribution is -0.113. The van der Waals surface area contributed by atoms with E-state index in [0.29, 0.717) is 11.4 Å². The highest BCUT2D eigenvalue weighted by atomic mass is 79.9. The van der Waals surface area contributed by atoms with Crippen molar-refractivity contribution in [2.45, 2.75) is 6.92 Å². The van der Waals surface area contributed by atoms with E-state index in [2.05, 4.69) is 20.9 Å². The van der Waals surface area contributed by atoms with Gasteiger partial charge in [-0.05, 0) is 42.8 Å². The normalized spacial score (nSPS) is 15.2. The fraction of sp³-hybridized carbons (Fsp3) is 0.0435. The SMILES string of the molecule is Cc1cccc(N2C(=O)/C(=C\c3ccccc3F)N=C2c2ccccc2Br)c1. The van der Waals surface area contributed by atoms with Crippen LogP contribution in [0.1, 0.15) is 16.7 Å². The van der Waals surface area contributed by atoms with Crippen molar-refractivity contribution >= 4 is 39.4 Å². The molecule has 0 radical (unpaired) electrons. The first-order chi connectivity index (χ1) is 13.5. The number of amidine groups is 1. The Morgan fingerprint density at radius 2 is 1.75 bits per heavy atom. The van der Waals surface area contributed by atoms with Crippen molar-refractivity contribution in [2.24, 2.45) is 4.99 Å². The molecule has 0 aliphatic carbocycles. The predicted molar refractivity (Wildman–Crippen MR) is 114 cm³/mol. The van der Waals surface area contributed by atoms with Crippen molar-refractivity contribution in [1.29, 1.82) is 0 Å². The molecule has 0 saturated carbocycles. The number of hydrogen-bond donors (Lipinski definition) is 0. The third-order valence-electron chi connectivity index (χ3n) is 4.43. The van der Waals surface area contributed by atoms with E-state index >= 15 is 0 Å². The number of rotatable bonds is 3. The van der Waals surface area contributed by atoms with Gasteiger partial charge in [0.2, 0.25) is 0 Å². The average Bonchev–Trinajstić information content (AvgIpc) is 3.00. The fourth-order valence-corrected chi connectivity index (χ4v) is 3.55. The third kappa shape index (κ3) is 3.41. The van der Waals surface area contributed by atoms with Crippen LogP contribution in [0.3, 0.4) is 0 Å². The second-order valence-corrected chi connectivity index (χ2v) is 7.30. The summed E-state index contributed by atoms with van der Waals surface area (Å²) in [6.45, 7) is 1.97. The molecule has 4 rings (SSSR count). The standard InChI is InChI=1S/C23H16BrFN2O/c1-15-7-6-9-17(13-15)27-22(18-10-3-4-11-19(18)24)26-21(23(27)28)14-16-8-2-5-12-20(16)25/h2-14H,1H3/b21-14+. The summed E-state index contributed by atoms with van der Waals surface area (Å²) in [5.74, 6) is -0.181. The Labute approximate surface area is 171 Å². The van der Waals surface area contributed by atoms with Gasteiger partial charge >= 0.3 is 0 Å². The summed E-state index contributed by atoms with van der Waals surface area (Å²) in [5, 5.41) is 0. The van der Waals surface area contributed by atoms with Gasteiger partial charge in [-0.2, -0.15) is 0 Å². The smallest absolute Gasteiger partial charge is 0.266 e. The molecule has 0 N–H and O–H groups in total. The molecule has 28 heavy (non-hydrogen) atoms. The minimum atomic E-state index is -0.394. The molecule has 0 fully saturated rings. The van der Waals surface area contributed by atoms with Crippen LogP contribution in [0.5, 0.6) is 0 Å². The molecule has 3 aromatic rings. The molecule has 1 aliphatic heterocycles. The van der Waals surface area contributed by atoms with Crippen LogP contribution < -0.4 is 4.90 Å². The van der Waals surface area contributed by atoms with Crippen LogP contribution in [0, 0.1) is 12.7 Å². The first-order valence-electron chi connectivity index (χ1n) is 8.75. The lowest BCUT2D eigenvalue weighted by atomic mass is 10.1. The van der Waals surface area contributed by atoms with Gasteiger partial charge in [0, 0.05) is 15.6 Å². The topological polar surface area (TPSA) is 32.7 Å². The molecule has 3 nitrogen and oxygen atoms in total. The molecule has 0 unspecified atom stereocenters. The van der Waals surface area contributed by atoms with Gasteiger partial charge in [-0.3, -0.25) is 9.69 Å². The Morgan fingerprint density at radius 3 is 2.50 bits per heavy atom. The summed E-state index contributed by atoms with van der Waals surface area (Å²) in [6.07, 6.45) is 1.49. The van der Waals surface area contributed by atoms with Crippen molar-refractivity contribution < 1.29 is 9.18 Å². The number of benzene rings is 3. The first-order valence-corrected chi connectivity index (χ1v) is 9.55. The van der Waals surface area contributed by atoms with Crippen molar-refractivity contribution in [3.05, 3.63) is 105 Å². The maximum atomic E-state index is 14.1. The molecule has 0 saturated heterocycles. The van der Waals surface area contributed by atoms with E-state index in [1.165, 1.54) is 12.1 Å². The Balaban J connectivity index is 1.88. The van der Waals surface area contributed by atoms with Crippen LogP contribution in [0.2, 0.25) is 0 Å². The van der Waals surface area contributed by atoms with Gasteiger partial charge in [0.25, 0.3) is 5.91 Å². The fourth-order valence-electron chi connectivity index (χ4n) is 3.09. The van der Waals surface area contributed by atoms with Gasteiger partial charge in [0.05, 0.1) is 5.69 Å². The number of nitrogens with zero attached hydrogens (tertiary/aromatic N) is 2. The molecular formula is C23H16BrFN2O. The maximum Gasteiger partial charge on any atom is 0.282 e. The van der Waals surface area contributed by atoms with Crippen molar-refractivity contribution in [3.8, 4) is 0 Å². The van der Waals surface area contributed by atoms with Crippen LogP contribution in [-0.4, -0.2) is 11.7 Å². The van der Waals surface area contributed by atoms with Crippen LogP contribution in [0.4, 0.5) is 10.1 Å². The van der Waals surface area contributed by atoms with Gasteiger partial charge in [-0.1, -0.05) is 64.5 Å². The molecule has 0 atom stereocenters. The highest BCUT2D eigenvalue weighted by Crippen LogP contribution is 2.31. The molecule has 138 valence electrons. The molecule has 1 amide bonds. The summed E-state index contributed by atoms with van der Waals surface area (Å²) in [6, 6.07) is 21.6. The van der Waals surface area contributed by atoms with E-state index < -0.39 is 5.82 Å². The van der Waals surface area contributed by atoms with Gasteiger partial charge in [0.1, 0.15) is 17.3 Å². The lowest BCUT2D eigenvalue weighted by Gasteiger charge is -2.19. The second kappa shape index (κ2) is 7.52. The minimum Gasteiger partial charge on any atom is -0.266 e. The zero-order valence-corrected chi connectivity index (χ0v) is 16.7. The van der Waals surface area contributed by atoms with E-state index in [1.54, 1.807) is 23.1 Å². The molecule has 1 heterocycles. The monoisotopic (exact) mass is 434 g/mol. The molecule has 1 aliphatic rings. The molecule has 5 heteroatoms. The zero-order valence-electron chi connectivity index (χ0n) is 15.1. The highest BCUT2D eigenvalue weighted by molar-refractivity contribution is 9.10. The van der Waals surface area contributed by atoms with E-state index in [1.807, 2.05) is 55.5 Å². The van der Waals surface area contributed by atoms with Crippen LogP contribution >= 0.6 is 15.9 Å². The van der Waals surface area contributed by atoms with Crippen LogP contribution in [-0.2, 0) is 4.79 Å². The number of aryl methyl sites for hydroxylation is 1. The Morgan fingerprint density at radius 1 is 1.00 bits per heavy atom. The number of carbonyl (C=O) groups excluding carboxylic acids is 1. The first kappa shape index (κ1) is 18.3. The summed E-state index contributed by atoms with van der Waals surface area (Å²) in [4.78, 5) is 19.4. The summed E-state index contributed by atoms with van der Waals surface area (Å²) < 4.78 is 14.9. The van der Waals surface area contributed by atoms with Gasteiger partial charge in [0.15, 0.2) is 0 Å². The average molecular weight is 435 g/mol. The number of halogens is 2. The van der Waals surface area contributed by atoms with Crippen molar-refractivity contribution in [2.75, 3.05) is 4.90 Å². The minimum absolute atomic E-state index is 0.192. The molecular weight excluding hydrogens is 419 g/mol. The van der Waals surface area contributed by atoms with Gasteiger partial charge in [-0.25, -0.2) is 9.38 Å². The highest BCUT2D eigenvalue weighted by Gasteiger charge is 2.33. The van der Waals surface area contributed by atoms with Crippen molar-refractivity contribution in [3.63, 3.8) is 0 Å². The number of anilines is 1. The van der Waals surface area contributed by atoms with E-state index in [-0.39, 0.29) is 11.6 Å². The Kier molecular flexibility index (Phi) is 4.92. The van der Waals surface area contributed by atoms with E-state index in [0.717, 1.165) is 21.3 Å². The molecule has 0 spiro atoms. The third-order valence-corrected chi connectivity index (χ3v) is 5.12. The van der Waals surface area contributed by atoms with Gasteiger partial charge in [-0.15, -0.1) is 0 Å². The van der Waals surface area contributed by atoms with Crippen LogP contribution in [0.25, 0.3) is 6.08 Å². The molecule has 0 aromatic heterocycles. The number of carbonyl (C=O) groups is 1.